The second kappa shape index (κ2) is 6.40. The van der Waals surface area contributed by atoms with Crippen LogP contribution in [0.5, 0.6) is 0 Å². The molecule has 2 aromatic heterocycles. The number of anilines is 1. The zero-order valence-electron chi connectivity index (χ0n) is 12.6. The molecule has 3 rings (SSSR count). The first-order chi connectivity index (χ1) is 10.6. The third-order valence-electron chi connectivity index (χ3n) is 3.54. The first-order valence-corrected chi connectivity index (χ1v) is 8.25. The fourth-order valence-electron chi connectivity index (χ4n) is 2.33. The molecular weight excluding hydrogens is 297 g/mol. The van der Waals surface area contributed by atoms with Gasteiger partial charge in [0.25, 0.3) is 0 Å². The Kier molecular flexibility index (Phi) is 4.34. The number of benzene rings is 1. The smallest absolute Gasteiger partial charge is 0.138 e. The van der Waals surface area contributed by atoms with E-state index in [-0.39, 0.29) is 5.82 Å². The van der Waals surface area contributed by atoms with E-state index in [1.807, 2.05) is 0 Å². The van der Waals surface area contributed by atoms with Crippen molar-refractivity contribution in [2.24, 2.45) is 5.92 Å². The van der Waals surface area contributed by atoms with Gasteiger partial charge in [0.05, 0.1) is 5.39 Å². The van der Waals surface area contributed by atoms with E-state index in [0.717, 1.165) is 40.1 Å². The number of hydrogen-bond donors (Lipinski definition) is 1. The van der Waals surface area contributed by atoms with E-state index >= 15 is 0 Å². The van der Waals surface area contributed by atoms with Crippen LogP contribution in [0.4, 0.5) is 10.2 Å². The van der Waals surface area contributed by atoms with Gasteiger partial charge < -0.3 is 5.32 Å². The van der Waals surface area contributed by atoms with Gasteiger partial charge in [-0.15, -0.1) is 11.3 Å². The van der Waals surface area contributed by atoms with Gasteiger partial charge in [-0.1, -0.05) is 26.0 Å². The number of hydrogen-bond acceptors (Lipinski definition) is 4. The quantitative estimate of drug-likeness (QED) is 0.723. The predicted molar refractivity (Wildman–Crippen MR) is 90.8 cm³/mol. The minimum atomic E-state index is -0.227. The van der Waals surface area contributed by atoms with Gasteiger partial charge in [-0.05, 0) is 30.0 Å². The Bertz CT molecular complexity index is 765. The Morgan fingerprint density at radius 2 is 1.95 bits per heavy atom. The standard InChI is InChI=1S/C17H18FN3S/c1-11(2)7-8-19-16-15-14(9-22-17(15)21-10-20-16)12-3-5-13(18)6-4-12/h3-6,9-11H,7-8H2,1-2H3,(H,19,20,21). The lowest BCUT2D eigenvalue weighted by atomic mass is 10.1. The molecule has 0 radical (unpaired) electrons. The third kappa shape index (κ3) is 3.09. The van der Waals surface area contributed by atoms with E-state index in [4.69, 9.17) is 0 Å². The predicted octanol–water partition coefficient (Wildman–Crippen LogP) is 4.96. The van der Waals surface area contributed by atoms with Crippen LogP contribution in [-0.4, -0.2) is 16.5 Å². The van der Waals surface area contributed by atoms with Crippen molar-refractivity contribution in [1.82, 2.24) is 9.97 Å². The molecule has 1 N–H and O–H groups in total. The molecule has 1 aromatic carbocycles. The molecule has 0 saturated heterocycles. The fourth-order valence-corrected chi connectivity index (χ4v) is 3.25. The Labute approximate surface area is 133 Å². The summed E-state index contributed by atoms with van der Waals surface area (Å²) in [4.78, 5) is 9.68. The number of fused-ring (bicyclic) bond motifs is 1. The van der Waals surface area contributed by atoms with Gasteiger partial charge in [0.15, 0.2) is 0 Å². The van der Waals surface area contributed by atoms with E-state index < -0.39 is 0 Å². The molecule has 0 aliphatic heterocycles. The van der Waals surface area contributed by atoms with E-state index in [2.05, 4.69) is 34.5 Å². The summed E-state index contributed by atoms with van der Waals surface area (Å²) in [7, 11) is 0. The van der Waals surface area contributed by atoms with Gasteiger partial charge in [-0.3, -0.25) is 0 Å². The average molecular weight is 315 g/mol. The highest BCUT2D eigenvalue weighted by atomic mass is 32.1. The first-order valence-electron chi connectivity index (χ1n) is 7.37. The molecule has 0 atom stereocenters. The normalized spacial score (nSPS) is 11.3. The summed E-state index contributed by atoms with van der Waals surface area (Å²) in [5.41, 5.74) is 2.03. The molecule has 0 aliphatic rings. The number of thiophene rings is 1. The molecular formula is C17H18FN3S. The van der Waals surface area contributed by atoms with Crippen LogP contribution < -0.4 is 5.32 Å². The largest absolute Gasteiger partial charge is 0.369 e. The van der Waals surface area contributed by atoms with Gasteiger partial charge in [-0.2, -0.15) is 0 Å². The van der Waals surface area contributed by atoms with Gasteiger partial charge in [0.2, 0.25) is 0 Å². The van der Waals surface area contributed by atoms with E-state index in [0.29, 0.717) is 5.92 Å². The van der Waals surface area contributed by atoms with Crippen LogP contribution in [0.25, 0.3) is 21.3 Å². The molecule has 0 saturated carbocycles. The second-order valence-corrected chi connectivity index (χ2v) is 6.53. The van der Waals surface area contributed by atoms with Crippen molar-refractivity contribution in [3.63, 3.8) is 0 Å². The van der Waals surface area contributed by atoms with E-state index in [9.17, 15) is 4.39 Å². The van der Waals surface area contributed by atoms with Gasteiger partial charge >= 0.3 is 0 Å². The van der Waals surface area contributed by atoms with Crippen molar-refractivity contribution in [2.45, 2.75) is 20.3 Å². The van der Waals surface area contributed by atoms with Crippen molar-refractivity contribution in [3.05, 3.63) is 41.8 Å². The van der Waals surface area contributed by atoms with Crippen molar-refractivity contribution in [1.29, 1.82) is 0 Å². The van der Waals surface area contributed by atoms with Crippen molar-refractivity contribution < 1.29 is 4.39 Å². The minimum absolute atomic E-state index is 0.227. The van der Waals surface area contributed by atoms with E-state index in [1.165, 1.54) is 12.1 Å². The van der Waals surface area contributed by atoms with Crippen LogP contribution in [-0.2, 0) is 0 Å². The number of halogens is 1. The summed E-state index contributed by atoms with van der Waals surface area (Å²) < 4.78 is 13.1. The summed E-state index contributed by atoms with van der Waals surface area (Å²) in [6, 6.07) is 6.55. The van der Waals surface area contributed by atoms with E-state index in [1.54, 1.807) is 29.8 Å². The summed E-state index contributed by atoms with van der Waals surface area (Å²) in [5.74, 6) is 1.27. The lowest BCUT2D eigenvalue weighted by Gasteiger charge is -2.09. The first kappa shape index (κ1) is 14.9. The maximum atomic E-state index is 13.1. The summed E-state index contributed by atoms with van der Waals surface area (Å²) in [6.07, 6.45) is 2.67. The zero-order valence-corrected chi connectivity index (χ0v) is 13.5. The molecule has 0 fully saturated rings. The van der Waals surface area contributed by atoms with Gasteiger partial charge in [0.1, 0.15) is 22.8 Å². The molecule has 0 aliphatic carbocycles. The second-order valence-electron chi connectivity index (χ2n) is 5.67. The van der Waals surface area contributed by atoms with Crippen LogP contribution in [0.1, 0.15) is 20.3 Å². The zero-order chi connectivity index (χ0) is 15.5. The van der Waals surface area contributed by atoms with Gasteiger partial charge in [0, 0.05) is 17.5 Å². The SMILES string of the molecule is CC(C)CCNc1ncnc2scc(-c3ccc(F)cc3)c12. The number of aromatic nitrogens is 2. The Hall–Kier alpha value is -2.01. The van der Waals surface area contributed by atoms with Crippen molar-refractivity contribution in [2.75, 3.05) is 11.9 Å². The summed E-state index contributed by atoms with van der Waals surface area (Å²) >= 11 is 1.58. The van der Waals surface area contributed by atoms with Crippen molar-refractivity contribution >= 4 is 27.4 Å². The van der Waals surface area contributed by atoms with Crippen LogP contribution in [0, 0.1) is 11.7 Å². The molecule has 3 aromatic rings. The van der Waals surface area contributed by atoms with Crippen molar-refractivity contribution in [3.8, 4) is 11.1 Å². The summed E-state index contributed by atoms with van der Waals surface area (Å²) in [6.45, 7) is 5.28. The van der Waals surface area contributed by atoms with Crippen LogP contribution in [0.3, 0.4) is 0 Å². The Morgan fingerprint density at radius 3 is 2.68 bits per heavy atom. The minimum Gasteiger partial charge on any atom is -0.369 e. The van der Waals surface area contributed by atoms with Gasteiger partial charge in [-0.25, -0.2) is 14.4 Å². The molecule has 2 heterocycles. The number of nitrogens with zero attached hydrogens (tertiary/aromatic N) is 2. The average Bonchev–Trinajstić information content (AvgIpc) is 2.93. The van der Waals surface area contributed by atoms with Crippen LogP contribution >= 0.6 is 11.3 Å². The number of rotatable bonds is 5. The molecule has 3 nitrogen and oxygen atoms in total. The molecule has 114 valence electrons. The topological polar surface area (TPSA) is 37.8 Å². The maximum Gasteiger partial charge on any atom is 0.138 e. The highest BCUT2D eigenvalue weighted by molar-refractivity contribution is 7.17. The molecule has 22 heavy (non-hydrogen) atoms. The molecule has 0 spiro atoms. The van der Waals surface area contributed by atoms with Crippen LogP contribution in [0.2, 0.25) is 0 Å². The highest BCUT2D eigenvalue weighted by Gasteiger charge is 2.13. The maximum absolute atomic E-state index is 13.1. The third-order valence-corrected chi connectivity index (χ3v) is 4.43. The lowest BCUT2D eigenvalue weighted by molar-refractivity contribution is 0.607. The van der Waals surface area contributed by atoms with Crippen LogP contribution in [0.15, 0.2) is 36.0 Å². The summed E-state index contributed by atoms with van der Waals surface area (Å²) in [5, 5.41) is 6.48. The number of nitrogens with one attached hydrogen (secondary N) is 1. The monoisotopic (exact) mass is 315 g/mol. The lowest BCUT2D eigenvalue weighted by Crippen LogP contribution is -2.06. The Morgan fingerprint density at radius 1 is 1.18 bits per heavy atom. The Balaban J connectivity index is 1.99. The molecule has 0 bridgehead atoms. The molecule has 0 amide bonds. The molecule has 5 heteroatoms. The fraction of sp³-hybridized carbons (Fsp3) is 0.294. The molecule has 0 unspecified atom stereocenters. The highest BCUT2D eigenvalue weighted by Crippen LogP contribution is 2.36.